The standard InChI is InChI=1S/C25H30N4/c1-19-17-22(27-15-12-23(18-27)28-14-6-7-20(28)2)10-11-25(19)29-16-13-24(26-29)21-8-4-3-5-9-21/h3-5,8-11,13,16-17,20,23H,6-7,12,14-15,18H2,1-2H3. The predicted octanol–water partition coefficient (Wildman–Crippen LogP) is 4.91. The van der Waals surface area contributed by atoms with Crippen LogP contribution in [0.4, 0.5) is 5.69 Å². The number of likely N-dealkylation sites (tertiary alicyclic amines) is 1. The molecule has 2 saturated heterocycles. The summed E-state index contributed by atoms with van der Waals surface area (Å²) in [5.74, 6) is 0. The Balaban J connectivity index is 1.33. The topological polar surface area (TPSA) is 24.3 Å². The number of aryl methyl sites for hydroxylation is 1. The number of anilines is 1. The van der Waals surface area contributed by atoms with Crippen LogP contribution in [0.2, 0.25) is 0 Å². The number of hydrogen-bond donors (Lipinski definition) is 0. The van der Waals surface area contributed by atoms with Crippen molar-refractivity contribution in [2.45, 2.75) is 45.2 Å². The highest BCUT2D eigenvalue weighted by atomic mass is 15.3. The van der Waals surface area contributed by atoms with Gasteiger partial charge in [0.15, 0.2) is 0 Å². The van der Waals surface area contributed by atoms with Crippen LogP contribution in [0.5, 0.6) is 0 Å². The Bertz CT molecular complexity index is 977. The molecule has 0 amide bonds. The summed E-state index contributed by atoms with van der Waals surface area (Å²) in [6.45, 7) is 8.18. The number of aromatic nitrogens is 2. The maximum absolute atomic E-state index is 4.81. The fourth-order valence-corrected chi connectivity index (χ4v) is 5.06. The van der Waals surface area contributed by atoms with Crippen molar-refractivity contribution in [2.24, 2.45) is 0 Å². The van der Waals surface area contributed by atoms with Gasteiger partial charge in [0.1, 0.15) is 0 Å². The van der Waals surface area contributed by atoms with E-state index in [1.54, 1.807) is 0 Å². The molecule has 0 N–H and O–H groups in total. The second kappa shape index (κ2) is 7.68. The zero-order chi connectivity index (χ0) is 19.8. The Kier molecular flexibility index (Phi) is 4.88. The van der Waals surface area contributed by atoms with E-state index < -0.39 is 0 Å². The lowest BCUT2D eigenvalue weighted by atomic mass is 10.1. The van der Waals surface area contributed by atoms with Gasteiger partial charge in [-0.05, 0) is 69.5 Å². The highest BCUT2D eigenvalue weighted by Gasteiger charge is 2.32. The van der Waals surface area contributed by atoms with Gasteiger partial charge in [0.2, 0.25) is 0 Å². The molecule has 2 fully saturated rings. The van der Waals surface area contributed by atoms with Crippen molar-refractivity contribution in [1.29, 1.82) is 0 Å². The maximum atomic E-state index is 4.81. The van der Waals surface area contributed by atoms with E-state index >= 15 is 0 Å². The molecule has 1 aromatic heterocycles. The number of hydrogen-bond acceptors (Lipinski definition) is 3. The van der Waals surface area contributed by atoms with Gasteiger partial charge in [-0.3, -0.25) is 4.90 Å². The van der Waals surface area contributed by atoms with Crippen LogP contribution in [-0.2, 0) is 0 Å². The first kappa shape index (κ1) is 18.4. The molecule has 29 heavy (non-hydrogen) atoms. The highest BCUT2D eigenvalue weighted by Crippen LogP contribution is 2.30. The second-order valence-corrected chi connectivity index (χ2v) is 8.60. The van der Waals surface area contributed by atoms with Gasteiger partial charge in [0, 0.05) is 42.6 Å². The van der Waals surface area contributed by atoms with Crippen LogP contribution in [0.15, 0.2) is 60.8 Å². The third-order valence-electron chi connectivity index (χ3n) is 6.69. The summed E-state index contributed by atoms with van der Waals surface area (Å²) in [4.78, 5) is 5.29. The Morgan fingerprint density at radius 3 is 2.59 bits per heavy atom. The zero-order valence-corrected chi connectivity index (χ0v) is 17.5. The third-order valence-corrected chi connectivity index (χ3v) is 6.69. The Morgan fingerprint density at radius 1 is 0.966 bits per heavy atom. The Morgan fingerprint density at radius 2 is 1.83 bits per heavy atom. The quantitative estimate of drug-likeness (QED) is 0.637. The molecule has 0 spiro atoms. The van der Waals surface area contributed by atoms with Crippen molar-refractivity contribution < 1.29 is 0 Å². The molecule has 2 atom stereocenters. The fourth-order valence-electron chi connectivity index (χ4n) is 5.06. The molecule has 3 heterocycles. The van der Waals surface area contributed by atoms with E-state index in [0.717, 1.165) is 36.1 Å². The molecule has 0 saturated carbocycles. The van der Waals surface area contributed by atoms with Gasteiger partial charge in [0.05, 0.1) is 11.4 Å². The first-order chi connectivity index (χ1) is 14.2. The van der Waals surface area contributed by atoms with Gasteiger partial charge in [-0.1, -0.05) is 30.3 Å². The SMILES string of the molecule is Cc1cc(N2CCC(N3CCCC3C)C2)ccc1-n1ccc(-c2ccccc2)n1. The van der Waals surface area contributed by atoms with Crippen molar-refractivity contribution in [3.63, 3.8) is 0 Å². The van der Waals surface area contributed by atoms with Crippen molar-refractivity contribution in [1.82, 2.24) is 14.7 Å². The molecular weight excluding hydrogens is 356 g/mol. The van der Waals surface area contributed by atoms with Gasteiger partial charge >= 0.3 is 0 Å². The smallest absolute Gasteiger partial charge is 0.0927 e. The van der Waals surface area contributed by atoms with Crippen LogP contribution in [-0.4, -0.2) is 46.4 Å². The van der Waals surface area contributed by atoms with Gasteiger partial charge in [-0.2, -0.15) is 5.10 Å². The molecule has 2 aromatic carbocycles. The molecule has 2 unspecified atom stereocenters. The summed E-state index contributed by atoms with van der Waals surface area (Å²) >= 11 is 0. The van der Waals surface area contributed by atoms with E-state index in [0.29, 0.717) is 6.04 Å². The van der Waals surface area contributed by atoms with Crippen LogP contribution >= 0.6 is 0 Å². The largest absolute Gasteiger partial charge is 0.370 e. The minimum absolute atomic E-state index is 0.715. The minimum atomic E-state index is 0.715. The zero-order valence-electron chi connectivity index (χ0n) is 17.5. The molecule has 0 radical (unpaired) electrons. The van der Waals surface area contributed by atoms with E-state index in [9.17, 15) is 0 Å². The summed E-state index contributed by atoms with van der Waals surface area (Å²) < 4.78 is 2.00. The third kappa shape index (κ3) is 3.58. The number of rotatable bonds is 4. The first-order valence-electron chi connectivity index (χ1n) is 10.9. The minimum Gasteiger partial charge on any atom is -0.370 e. The van der Waals surface area contributed by atoms with E-state index in [-0.39, 0.29) is 0 Å². The lowest BCUT2D eigenvalue weighted by Crippen LogP contribution is -2.39. The summed E-state index contributed by atoms with van der Waals surface area (Å²) in [7, 11) is 0. The summed E-state index contributed by atoms with van der Waals surface area (Å²) in [5, 5.41) is 4.81. The van der Waals surface area contributed by atoms with E-state index in [1.165, 1.54) is 37.1 Å². The van der Waals surface area contributed by atoms with E-state index in [2.05, 4.69) is 78.4 Å². The molecule has 0 bridgehead atoms. The Labute approximate surface area is 173 Å². The summed E-state index contributed by atoms with van der Waals surface area (Å²) in [6, 6.07) is 20.7. The van der Waals surface area contributed by atoms with Crippen molar-refractivity contribution in [2.75, 3.05) is 24.5 Å². The van der Waals surface area contributed by atoms with Gasteiger partial charge < -0.3 is 4.90 Å². The predicted molar refractivity (Wildman–Crippen MR) is 120 cm³/mol. The first-order valence-corrected chi connectivity index (χ1v) is 10.9. The molecule has 150 valence electrons. The van der Waals surface area contributed by atoms with Crippen molar-refractivity contribution in [3.05, 3.63) is 66.4 Å². The second-order valence-electron chi connectivity index (χ2n) is 8.60. The fraction of sp³-hybridized carbons (Fsp3) is 0.400. The van der Waals surface area contributed by atoms with Gasteiger partial charge in [-0.15, -0.1) is 0 Å². The van der Waals surface area contributed by atoms with Gasteiger partial charge in [0.25, 0.3) is 0 Å². The summed E-state index contributed by atoms with van der Waals surface area (Å²) in [6.07, 6.45) is 6.06. The average molecular weight is 387 g/mol. The monoisotopic (exact) mass is 386 g/mol. The molecule has 2 aliphatic heterocycles. The number of benzene rings is 2. The molecular formula is C25H30N4. The molecule has 4 nitrogen and oxygen atoms in total. The van der Waals surface area contributed by atoms with Crippen molar-refractivity contribution in [3.8, 4) is 16.9 Å². The lowest BCUT2D eigenvalue weighted by molar-refractivity contribution is 0.204. The number of nitrogens with zero attached hydrogens (tertiary/aromatic N) is 4. The highest BCUT2D eigenvalue weighted by molar-refractivity contribution is 5.60. The normalized spacial score (nSPS) is 22.5. The molecule has 4 heteroatoms. The van der Waals surface area contributed by atoms with Crippen LogP contribution in [0.3, 0.4) is 0 Å². The lowest BCUT2D eigenvalue weighted by Gasteiger charge is -2.28. The molecule has 5 rings (SSSR count). The molecule has 2 aliphatic rings. The van der Waals surface area contributed by atoms with Gasteiger partial charge in [-0.25, -0.2) is 4.68 Å². The van der Waals surface area contributed by atoms with E-state index in [4.69, 9.17) is 5.10 Å². The van der Waals surface area contributed by atoms with Crippen LogP contribution in [0, 0.1) is 6.92 Å². The maximum Gasteiger partial charge on any atom is 0.0927 e. The van der Waals surface area contributed by atoms with Crippen LogP contribution in [0.1, 0.15) is 31.7 Å². The van der Waals surface area contributed by atoms with E-state index in [1.807, 2.05) is 10.7 Å². The van der Waals surface area contributed by atoms with Crippen molar-refractivity contribution >= 4 is 5.69 Å². The summed E-state index contributed by atoms with van der Waals surface area (Å²) in [5.41, 5.74) is 5.93. The Hall–Kier alpha value is -2.59. The van der Waals surface area contributed by atoms with Crippen LogP contribution < -0.4 is 4.90 Å². The molecule has 0 aliphatic carbocycles. The van der Waals surface area contributed by atoms with Crippen LogP contribution in [0.25, 0.3) is 16.9 Å². The molecule has 3 aromatic rings. The average Bonchev–Trinajstić information content (AvgIpc) is 3.49.